The van der Waals surface area contributed by atoms with Crippen molar-refractivity contribution >= 4 is 164 Å². The highest BCUT2D eigenvalue weighted by Gasteiger charge is 2.47. The zero-order valence-corrected chi connectivity index (χ0v) is 84.9. The van der Waals surface area contributed by atoms with Crippen LogP contribution in [0.5, 0.6) is 0 Å². The fourth-order valence-electron chi connectivity index (χ4n) is 17.9. The summed E-state index contributed by atoms with van der Waals surface area (Å²) in [6, 6.07) is -15.4. The molecule has 4 bridgehead atoms. The smallest absolute Gasteiger partial charge is 0.305 e. The Morgan fingerprint density at radius 3 is 1.60 bits per heavy atom. The van der Waals surface area contributed by atoms with E-state index < -0.39 is 234 Å². The molecule has 788 valence electrons. The molecule has 2 aromatic heterocycles. The topological polar surface area (TPSA) is 687 Å². The van der Waals surface area contributed by atoms with E-state index in [-0.39, 0.29) is 195 Å². The van der Waals surface area contributed by atoms with E-state index in [2.05, 4.69) is 90.6 Å². The Morgan fingerprint density at radius 1 is 0.531 bits per heavy atom. The van der Waals surface area contributed by atoms with Crippen molar-refractivity contribution in [2.24, 2.45) is 40.9 Å². The molecule has 0 spiro atoms. The third-order valence-electron chi connectivity index (χ3n) is 25.5. The number of carbonyl (C=O) groups is 19. The Bertz CT molecular complexity index is 5050. The van der Waals surface area contributed by atoms with Crippen LogP contribution in [0.2, 0.25) is 0 Å². The summed E-state index contributed by atoms with van der Waals surface area (Å²) in [5.41, 5.74) is 19.2. The number of carbonyl (C=O) groups excluding carboxylic acids is 18. The summed E-state index contributed by atoms with van der Waals surface area (Å²) in [4.78, 5) is 298. The van der Waals surface area contributed by atoms with Crippen molar-refractivity contribution in [1.29, 1.82) is 5.41 Å². The van der Waals surface area contributed by atoms with Gasteiger partial charge >= 0.3 is 5.97 Å². The van der Waals surface area contributed by atoms with Crippen LogP contribution in [0.15, 0.2) is 55.3 Å². The van der Waals surface area contributed by atoms with Crippen molar-refractivity contribution < 1.29 is 101 Å². The number of hydrogen-bond donors (Lipinski definition) is 21. The number of nitrogens with zero attached hydrogens (tertiary/aromatic N) is 7. The van der Waals surface area contributed by atoms with Crippen LogP contribution in [-0.4, -0.2) is 357 Å². The number of allylic oxidation sites excluding steroid dienone is 1. The van der Waals surface area contributed by atoms with Crippen LogP contribution in [0.1, 0.15) is 169 Å². The van der Waals surface area contributed by atoms with E-state index in [1.807, 2.05) is 0 Å². The van der Waals surface area contributed by atoms with Gasteiger partial charge in [-0.25, -0.2) is 4.98 Å². The molecule has 0 radical (unpaired) electrons. The molecule has 6 aliphatic rings. The van der Waals surface area contributed by atoms with Gasteiger partial charge in [-0.15, -0.1) is 0 Å². The number of aromatic nitrogens is 3. The van der Waals surface area contributed by atoms with Gasteiger partial charge in [0.25, 0.3) is 0 Å². The summed E-state index contributed by atoms with van der Waals surface area (Å²) < 4.78 is 0. The minimum Gasteiger partial charge on any atom is -0.481 e. The lowest BCUT2D eigenvalue weighted by Crippen LogP contribution is -2.62. The number of hydrogen-bond acceptors (Lipinski definition) is 27. The first-order valence-electron chi connectivity index (χ1n) is 48.6. The lowest BCUT2D eigenvalue weighted by Gasteiger charge is -2.44. The number of thioether (sulfide) groups is 3. The maximum absolute atomic E-state index is 15.6. The maximum atomic E-state index is 15.6. The minimum atomic E-state index is -1.96. The first-order valence-corrected chi connectivity index (χ1v) is 52.1. The summed E-state index contributed by atoms with van der Waals surface area (Å²) in [6.45, 7) is 17.3. The number of imidazole rings is 1. The largest absolute Gasteiger partial charge is 0.481 e. The Morgan fingerprint density at radius 2 is 1.03 bits per heavy atom. The second-order valence-corrected chi connectivity index (χ2v) is 42.0. The molecule has 18 amide bonds. The third-order valence-corrected chi connectivity index (χ3v) is 28.6. The average Bonchev–Trinajstić information content (AvgIpc) is 1.75. The second kappa shape index (κ2) is 55.0. The van der Waals surface area contributed by atoms with Gasteiger partial charge in [0.1, 0.15) is 84.6 Å². The van der Waals surface area contributed by atoms with Gasteiger partial charge in [0, 0.05) is 122 Å². The first kappa shape index (κ1) is 114. The highest BCUT2D eigenvalue weighted by Crippen LogP contribution is 2.29. The van der Waals surface area contributed by atoms with Crippen LogP contribution in [0.3, 0.4) is 0 Å². The molecule has 1 aromatic carbocycles. The number of H-pyrrole nitrogens is 2. The molecule has 9 unspecified atom stereocenters. The summed E-state index contributed by atoms with van der Waals surface area (Å²) in [5.74, 6) is -19.6. The Hall–Kier alpha value is -12.3. The molecule has 0 saturated carbocycles. The summed E-state index contributed by atoms with van der Waals surface area (Å²) in [5, 5.41) is 65.3. The average molecular weight is 2060 g/mol. The summed E-state index contributed by atoms with van der Waals surface area (Å²) in [6.07, 6.45) is 0.591. The maximum Gasteiger partial charge on any atom is 0.305 e. The minimum absolute atomic E-state index is 0.00224. The molecule has 6 fully saturated rings. The number of fused-ring (bicyclic) bond motifs is 11. The number of rotatable bonds is 22. The fraction of sp³-hybridized carbons (Fsp3) is 0.645. The number of nitrogens with one attached hydrogen (secondary N) is 16. The number of carboxylic acids is 1. The second-order valence-electron chi connectivity index (χ2n) is 38.6. The fourth-order valence-corrected chi connectivity index (χ4v) is 20.9. The quantitative estimate of drug-likeness (QED) is 0.0265. The van der Waals surface area contributed by atoms with Gasteiger partial charge in [0.2, 0.25) is 106 Å². The van der Waals surface area contributed by atoms with Gasteiger partial charge in [-0.3, -0.25) is 96.5 Å². The number of aliphatic carboxylic acids is 1. The van der Waals surface area contributed by atoms with E-state index >= 15 is 38.4 Å². The lowest BCUT2D eigenvalue weighted by atomic mass is 9.99. The number of aliphatic hydroxyl groups excluding tert-OH is 1. The van der Waals surface area contributed by atoms with E-state index in [0.717, 1.165) is 33.3 Å². The number of aromatic amines is 2. The van der Waals surface area contributed by atoms with Gasteiger partial charge in [-0.2, -0.15) is 35.3 Å². The van der Waals surface area contributed by atoms with Crippen molar-refractivity contribution in [3.8, 4) is 0 Å². The number of aliphatic hydroxyl groups is 1. The Balaban J connectivity index is 1.10. The van der Waals surface area contributed by atoms with Crippen molar-refractivity contribution in [3.05, 3.63) is 66.5 Å². The molecule has 8 heterocycles. The van der Waals surface area contributed by atoms with E-state index in [1.54, 1.807) is 90.8 Å². The van der Waals surface area contributed by atoms with Gasteiger partial charge in [-0.05, 0) is 119 Å². The van der Waals surface area contributed by atoms with Gasteiger partial charge in [-0.1, -0.05) is 80.2 Å². The van der Waals surface area contributed by atoms with Crippen molar-refractivity contribution in [3.63, 3.8) is 0 Å². The van der Waals surface area contributed by atoms with Crippen LogP contribution in [-0.2, 0) is 104 Å². The molecule has 6 saturated heterocycles. The zero-order chi connectivity index (χ0) is 105. The number of carboxylic acid groups (broad SMARTS) is 1. The predicted molar refractivity (Wildman–Crippen MR) is 531 cm³/mol. The number of para-hydroxylation sites is 1. The van der Waals surface area contributed by atoms with Crippen LogP contribution in [0.4, 0.5) is 0 Å². The van der Waals surface area contributed by atoms with E-state index in [0.29, 0.717) is 34.3 Å². The molecule has 6 aliphatic heterocycles. The molecule has 47 nitrogen and oxygen atoms in total. The number of nitrogens with two attached hydrogens (primary N) is 3. The standard InChI is InChI=1S/C93H142N26O21S3/c1-49(2)31-60-80(128)109-65(35-55-40-99-45-102-55)90(138)117-26-15-21-71(117)87(135)108-64(38-76(124)125)83(131)105-63(34-54-39-101-58-18-12-11-17-57(54)58)82(130)103-59(19-13-14-25-100-93(96)97)79(127)111-67(78(95)126)42-141-28-22-53(9)114-46-115-48-116(47-114)75(123)24-30-143-44-69(98-10)92(140)119-41-56(120)36-72(119)88(136)107-62(33-51(5)6)84(132)113-77(52(7)8)89(137)110-66(37-73(94)121)91(139)118-27-16-20-70(118)86(134)106-61(32-50(3)4)81(129)112-68(85(133)104-60)43-142-29-23-74(115)122/h11-12,17-18,39-40,45,49-52,56,59-72,77,98,101,120H,9,13-16,19-38,41-44,46-48H2,1-8,10H3,(H2,94,121)(H2,95,126)(H,99,102)(H,103,130)(H,104,133)(H,105,131)(H,106,134)(H,107,136)(H,108,135)(H,109,128)(H,110,137)(H,111,127)(H,112,129)(H,113,132)(H,124,125)(H4,96,97,100)/t56-,59+,60?,61?,62?,63?,64-,65?,66?,67+,68+,69+,70?,71?,72-,77?/m1/s1. The SMILES string of the molecule is C=C1CCSC[C@@H](C(N)=O)NC(=O)[C@H](CCCCNC(=N)N)NC(=O)C(Cc2c[nH]c3ccccc23)NC(=O)[C@@H](CC(=O)O)NC(=O)C2CCCN2C(=O)C(Cc2cnc[nH]2)NC(=O)C(CC(C)C)NC(=O)[C@@H]2CSCCC(=O)N3CN1CN(C3)C(=O)CCSC[C@H](NC)C(=O)N1C[C@H](O)C[C@@H]1C(=O)NC(CC(C)C)C(=O)NC(C(C)C)C(=O)NC(CC(N)=O)C(=O)N1CCCC1C(=O)NC(CC(C)C)C(=O)N2. The number of amides is 18. The van der Waals surface area contributed by atoms with Gasteiger partial charge < -0.3 is 136 Å². The Labute approximate surface area is 842 Å². The molecular weight excluding hydrogens is 1910 g/mol. The first-order chi connectivity index (χ1) is 67.9. The zero-order valence-electron chi connectivity index (χ0n) is 82.5. The molecule has 9 rings (SSSR count). The van der Waals surface area contributed by atoms with Crippen molar-refractivity contribution in [2.45, 2.75) is 268 Å². The molecule has 24 N–H and O–H groups in total. The van der Waals surface area contributed by atoms with E-state index in [4.69, 9.17) is 22.6 Å². The molecular formula is C93H142N26O21S3. The number of primary amides is 2. The van der Waals surface area contributed by atoms with Crippen molar-refractivity contribution in [2.75, 3.05) is 87.7 Å². The molecule has 0 aliphatic carbocycles. The monoisotopic (exact) mass is 2060 g/mol. The highest BCUT2D eigenvalue weighted by atomic mass is 32.2. The molecule has 3 aromatic rings. The van der Waals surface area contributed by atoms with Gasteiger partial charge in [0.15, 0.2) is 5.96 Å². The van der Waals surface area contributed by atoms with Crippen LogP contribution < -0.4 is 86.3 Å². The Kier molecular flexibility index (Phi) is 43.9. The van der Waals surface area contributed by atoms with E-state index in [1.165, 1.54) is 46.0 Å². The van der Waals surface area contributed by atoms with Crippen LogP contribution in [0, 0.1) is 29.1 Å². The lowest BCUT2D eigenvalue weighted by molar-refractivity contribution is -0.150. The number of likely N-dealkylation sites (N-methyl/N-ethyl adjacent to an activating group) is 1. The molecule has 16 atom stereocenters. The number of benzene rings is 1. The predicted octanol–water partition coefficient (Wildman–Crippen LogP) is -3.42. The summed E-state index contributed by atoms with van der Waals surface area (Å²) >= 11 is 3.39. The van der Waals surface area contributed by atoms with Crippen LogP contribution >= 0.6 is 35.3 Å². The van der Waals surface area contributed by atoms with Crippen LogP contribution in [0.25, 0.3) is 10.9 Å². The van der Waals surface area contributed by atoms with Gasteiger partial charge in [0.05, 0.1) is 51.3 Å². The van der Waals surface area contributed by atoms with E-state index in [9.17, 15) is 63.0 Å². The normalized spacial score (nSPS) is 26.9. The molecule has 50 heteroatoms. The van der Waals surface area contributed by atoms with Crippen molar-refractivity contribution in [1.82, 2.24) is 113 Å². The third kappa shape index (κ3) is 33.9. The highest BCUT2D eigenvalue weighted by molar-refractivity contribution is 7.99. The molecule has 143 heavy (non-hydrogen) atoms. The number of unbranched alkanes of at least 4 members (excludes halogenated alkanes) is 1. The summed E-state index contributed by atoms with van der Waals surface area (Å²) in [7, 11) is 1.52. The number of guanidine groups is 1.